The van der Waals surface area contributed by atoms with Gasteiger partial charge in [0, 0.05) is 22.3 Å². The summed E-state index contributed by atoms with van der Waals surface area (Å²) in [5.41, 5.74) is 1.27. The number of rotatable bonds is 1. The monoisotopic (exact) mass is 239 g/mol. The number of nitrogens with zero attached hydrogens (tertiary/aromatic N) is 1. The zero-order valence-electron chi connectivity index (χ0n) is 7.67. The molecule has 0 atom stereocenters. The Kier molecular flexibility index (Phi) is 2.99. The van der Waals surface area contributed by atoms with Gasteiger partial charge in [-0.25, -0.2) is 0 Å². The van der Waals surface area contributed by atoms with E-state index in [1.807, 2.05) is 12.3 Å². The molecule has 0 unspecified atom stereocenters. The minimum atomic E-state index is 0.714. The first-order valence-corrected chi connectivity index (χ1v) is 5.77. The molecule has 1 aromatic heterocycles. The number of halogens is 1. The van der Waals surface area contributed by atoms with Crippen LogP contribution in [0.5, 0.6) is 0 Å². The maximum absolute atomic E-state index is 4.43. The van der Waals surface area contributed by atoms with E-state index in [4.69, 9.17) is 0 Å². The van der Waals surface area contributed by atoms with E-state index in [1.165, 1.54) is 37.8 Å². The predicted molar refractivity (Wildman–Crippen MR) is 57.8 cm³/mol. The molecule has 1 fully saturated rings. The Morgan fingerprint density at radius 2 is 2.00 bits per heavy atom. The van der Waals surface area contributed by atoms with Gasteiger partial charge in [-0.3, -0.25) is 4.98 Å². The highest BCUT2D eigenvalue weighted by atomic mass is 79.9. The molecule has 0 aliphatic heterocycles. The minimum absolute atomic E-state index is 0.714. The molecule has 1 nitrogen and oxygen atoms in total. The Balaban J connectivity index is 2.14. The normalized spacial score (nSPS) is 18.8. The molecule has 0 bridgehead atoms. The summed E-state index contributed by atoms with van der Waals surface area (Å²) in [5.74, 6) is 0.714. The first-order valence-electron chi connectivity index (χ1n) is 4.98. The van der Waals surface area contributed by atoms with E-state index in [9.17, 15) is 0 Å². The summed E-state index contributed by atoms with van der Waals surface area (Å²) in [6, 6.07) is 4.16. The van der Waals surface area contributed by atoms with Crippen molar-refractivity contribution in [2.75, 3.05) is 0 Å². The molecular weight excluding hydrogens is 226 g/mol. The van der Waals surface area contributed by atoms with Gasteiger partial charge in [-0.15, -0.1) is 0 Å². The van der Waals surface area contributed by atoms with Crippen molar-refractivity contribution in [1.29, 1.82) is 0 Å². The van der Waals surface area contributed by atoms with Crippen molar-refractivity contribution in [3.8, 4) is 0 Å². The quantitative estimate of drug-likeness (QED) is 0.725. The second-order valence-corrected chi connectivity index (χ2v) is 4.65. The second-order valence-electron chi connectivity index (χ2n) is 3.73. The summed E-state index contributed by atoms with van der Waals surface area (Å²) in [7, 11) is 0. The molecule has 1 heterocycles. The van der Waals surface area contributed by atoms with Gasteiger partial charge in [-0.2, -0.15) is 0 Å². The van der Waals surface area contributed by atoms with Crippen molar-refractivity contribution >= 4 is 15.9 Å². The third-order valence-corrected chi connectivity index (χ3v) is 3.26. The lowest BCUT2D eigenvalue weighted by atomic mass is 9.87. The molecule has 0 aromatic carbocycles. The molecule has 0 amide bonds. The maximum Gasteiger partial charge on any atom is 0.0445 e. The van der Waals surface area contributed by atoms with Gasteiger partial charge in [0.1, 0.15) is 0 Å². The van der Waals surface area contributed by atoms with Crippen LogP contribution >= 0.6 is 15.9 Å². The summed E-state index contributed by atoms with van der Waals surface area (Å²) in [6.45, 7) is 0. The van der Waals surface area contributed by atoms with Crippen molar-refractivity contribution in [2.45, 2.75) is 38.0 Å². The largest absolute Gasteiger partial charge is 0.261 e. The average molecular weight is 240 g/mol. The Labute approximate surface area is 87.7 Å². The fraction of sp³-hybridized carbons (Fsp3) is 0.545. The fourth-order valence-corrected chi connectivity index (χ4v) is 2.40. The molecule has 1 aliphatic rings. The SMILES string of the molecule is Brc1ccnc(C2CCCCC2)c1. The van der Waals surface area contributed by atoms with Crippen molar-refractivity contribution in [3.63, 3.8) is 0 Å². The summed E-state index contributed by atoms with van der Waals surface area (Å²) in [5, 5.41) is 0. The Morgan fingerprint density at radius 1 is 1.23 bits per heavy atom. The zero-order valence-corrected chi connectivity index (χ0v) is 9.26. The van der Waals surface area contributed by atoms with E-state index in [0.29, 0.717) is 5.92 Å². The second kappa shape index (κ2) is 4.23. The lowest BCUT2D eigenvalue weighted by Gasteiger charge is -2.20. The van der Waals surface area contributed by atoms with Crippen LogP contribution in [-0.4, -0.2) is 4.98 Å². The van der Waals surface area contributed by atoms with E-state index in [1.54, 1.807) is 0 Å². The Morgan fingerprint density at radius 3 is 2.69 bits per heavy atom. The number of aromatic nitrogens is 1. The molecule has 70 valence electrons. The molecule has 0 spiro atoms. The first-order chi connectivity index (χ1) is 6.36. The molecular formula is C11H14BrN. The molecule has 1 aliphatic carbocycles. The number of hydrogen-bond donors (Lipinski definition) is 0. The zero-order chi connectivity index (χ0) is 9.10. The highest BCUT2D eigenvalue weighted by Gasteiger charge is 2.16. The molecule has 2 rings (SSSR count). The summed E-state index contributed by atoms with van der Waals surface area (Å²) < 4.78 is 1.16. The van der Waals surface area contributed by atoms with Gasteiger partial charge < -0.3 is 0 Å². The van der Waals surface area contributed by atoms with Crippen LogP contribution in [0.4, 0.5) is 0 Å². The highest BCUT2D eigenvalue weighted by molar-refractivity contribution is 9.10. The van der Waals surface area contributed by atoms with Gasteiger partial charge in [-0.1, -0.05) is 35.2 Å². The molecule has 13 heavy (non-hydrogen) atoms. The molecule has 0 saturated heterocycles. The number of pyridine rings is 1. The maximum atomic E-state index is 4.43. The first kappa shape index (κ1) is 9.20. The van der Waals surface area contributed by atoms with E-state index in [0.717, 1.165) is 4.47 Å². The molecule has 1 aromatic rings. The van der Waals surface area contributed by atoms with Gasteiger partial charge in [0.05, 0.1) is 0 Å². The minimum Gasteiger partial charge on any atom is -0.261 e. The standard InChI is InChI=1S/C11H14BrN/c12-10-6-7-13-11(8-10)9-4-2-1-3-5-9/h6-9H,1-5H2. The van der Waals surface area contributed by atoms with Crippen LogP contribution in [0.15, 0.2) is 22.8 Å². The van der Waals surface area contributed by atoms with Gasteiger partial charge in [0.2, 0.25) is 0 Å². The third kappa shape index (κ3) is 2.31. The van der Waals surface area contributed by atoms with Crippen molar-refractivity contribution in [1.82, 2.24) is 4.98 Å². The van der Waals surface area contributed by atoms with Crippen LogP contribution in [-0.2, 0) is 0 Å². The van der Waals surface area contributed by atoms with E-state index in [2.05, 4.69) is 27.0 Å². The van der Waals surface area contributed by atoms with Gasteiger partial charge >= 0.3 is 0 Å². The number of hydrogen-bond acceptors (Lipinski definition) is 1. The fourth-order valence-electron chi connectivity index (χ4n) is 2.04. The molecule has 2 heteroatoms. The topological polar surface area (TPSA) is 12.9 Å². The van der Waals surface area contributed by atoms with E-state index in [-0.39, 0.29) is 0 Å². The smallest absolute Gasteiger partial charge is 0.0445 e. The average Bonchev–Trinajstić information content (AvgIpc) is 2.19. The lowest BCUT2D eigenvalue weighted by Crippen LogP contribution is -2.05. The molecule has 0 N–H and O–H groups in total. The van der Waals surface area contributed by atoms with Crippen LogP contribution in [0.2, 0.25) is 0 Å². The highest BCUT2D eigenvalue weighted by Crippen LogP contribution is 2.32. The summed E-state index contributed by atoms with van der Waals surface area (Å²) in [4.78, 5) is 4.43. The summed E-state index contributed by atoms with van der Waals surface area (Å²) in [6.07, 6.45) is 8.70. The van der Waals surface area contributed by atoms with Crippen LogP contribution in [0, 0.1) is 0 Å². The van der Waals surface area contributed by atoms with E-state index >= 15 is 0 Å². The van der Waals surface area contributed by atoms with Crippen LogP contribution < -0.4 is 0 Å². The van der Waals surface area contributed by atoms with Gasteiger partial charge in [-0.05, 0) is 25.0 Å². The lowest BCUT2D eigenvalue weighted by molar-refractivity contribution is 0.436. The van der Waals surface area contributed by atoms with Crippen molar-refractivity contribution < 1.29 is 0 Å². The summed E-state index contributed by atoms with van der Waals surface area (Å²) >= 11 is 3.49. The van der Waals surface area contributed by atoms with Gasteiger partial charge in [0.15, 0.2) is 0 Å². The van der Waals surface area contributed by atoms with Gasteiger partial charge in [0.25, 0.3) is 0 Å². The third-order valence-electron chi connectivity index (χ3n) is 2.77. The van der Waals surface area contributed by atoms with Crippen LogP contribution in [0.3, 0.4) is 0 Å². The molecule has 1 saturated carbocycles. The predicted octanol–water partition coefficient (Wildman–Crippen LogP) is 3.89. The van der Waals surface area contributed by atoms with Crippen molar-refractivity contribution in [2.24, 2.45) is 0 Å². The van der Waals surface area contributed by atoms with Crippen LogP contribution in [0.1, 0.15) is 43.7 Å². The van der Waals surface area contributed by atoms with E-state index < -0.39 is 0 Å². The Bertz CT molecular complexity index is 279. The van der Waals surface area contributed by atoms with Crippen molar-refractivity contribution in [3.05, 3.63) is 28.5 Å². The Hall–Kier alpha value is -0.370. The molecule has 0 radical (unpaired) electrons. The van der Waals surface area contributed by atoms with Crippen LogP contribution in [0.25, 0.3) is 0 Å².